The Balaban J connectivity index is 1.80. The molecule has 0 aliphatic rings. The summed E-state index contributed by atoms with van der Waals surface area (Å²) < 4.78 is 22.5. The SMILES string of the molecule is COc1ccc(OC)c(-c2nc(COc3ccccc3C=NNC(N)=S)c(C)o2)c1. The zero-order valence-corrected chi connectivity index (χ0v) is 17.7. The van der Waals surface area contributed by atoms with Gasteiger partial charge in [0.05, 0.1) is 26.0 Å². The number of thiocarbonyl (C=S) groups is 1. The van der Waals surface area contributed by atoms with E-state index in [-0.39, 0.29) is 11.7 Å². The molecule has 0 spiro atoms. The number of nitrogens with one attached hydrogen (secondary N) is 1. The topological polar surface area (TPSA) is 104 Å². The van der Waals surface area contributed by atoms with Crippen LogP contribution in [0.25, 0.3) is 11.5 Å². The molecule has 0 amide bonds. The molecule has 3 N–H and O–H groups in total. The molecule has 8 nitrogen and oxygen atoms in total. The van der Waals surface area contributed by atoms with E-state index in [2.05, 4.69) is 15.5 Å². The summed E-state index contributed by atoms with van der Waals surface area (Å²) in [6, 6.07) is 12.9. The normalized spacial score (nSPS) is 10.8. The lowest BCUT2D eigenvalue weighted by atomic mass is 10.2. The number of hydrogen-bond acceptors (Lipinski definition) is 7. The molecule has 0 bridgehead atoms. The van der Waals surface area contributed by atoms with Crippen LogP contribution in [-0.2, 0) is 6.61 Å². The number of benzene rings is 2. The summed E-state index contributed by atoms with van der Waals surface area (Å²) in [6.07, 6.45) is 1.58. The van der Waals surface area contributed by atoms with E-state index in [1.165, 1.54) is 0 Å². The van der Waals surface area contributed by atoms with Gasteiger partial charge in [0.2, 0.25) is 5.89 Å². The van der Waals surface area contributed by atoms with Crippen molar-refractivity contribution in [2.24, 2.45) is 10.8 Å². The second-order valence-electron chi connectivity index (χ2n) is 6.15. The zero-order valence-electron chi connectivity index (χ0n) is 16.8. The molecule has 0 saturated heterocycles. The van der Waals surface area contributed by atoms with Gasteiger partial charge in [-0.2, -0.15) is 5.10 Å². The average Bonchev–Trinajstić information content (AvgIpc) is 3.12. The predicted octanol–water partition coefficient (Wildman–Crippen LogP) is 3.41. The molecule has 0 fully saturated rings. The first-order chi connectivity index (χ1) is 14.5. The van der Waals surface area contributed by atoms with Crippen molar-refractivity contribution in [2.75, 3.05) is 14.2 Å². The highest BCUT2D eigenvalue weighted by Crippen LogP contribution is 2.34. The van der Waals surface area contributed by atoms with Gasteiger partial charge in [0.15, 0.2) is 5.11 Å². The fourth-order valence-electron chi connectivity index (χ4n) is 2.69. The number of hydrogen-bond donors (Lipinski definition) is 2. The summed E-state index contributed by atoms with van der Waals surface area (Å²) in [5.74, 6) is 3.03. The lowest BCUT2D eigenvalue weighted by Gasteiger charge is -2.08. The van der Waals surface area contributed by atoms with Crippen LogP contribution < -0.4 is 25.4 Å². The summed E-state index contributed by atoms with van der Waals surface area (Å²) >= 11 is 4.74. The minimum atomic E-state index is 0.0865. The maximum absolute atomic E-state index is 5.95. The van der Waals surface area contributed by atoms with Crippen molar-refractivity contribution in [1.82, 2.24) is 10.4 Å². The highest BCUT2D eigenvalue weighted by molar-refractivity contribution is 7.80. The molecule has 1 aromatic heterocycles. The number of aryl methyl sites for hydroxylation is 1. The monoisotopic (exact) mass is 426 g/mol. The number of aromatic nitrogens is 1. The van der Waals surface area contributed by atoms with Crippen LogP contribution >= 0.6 is 12.2 Å². The predicted molar refractivity (Wildman–Crippen MR) is 118 cm³/mol. The molecule has 0 radical (unpaired) electrons. The minimum Gasteiger partial charge on any atom is -0.497 e. The van der Waals surface area contributed by atoms with Crippen LogP contribution in [0.4, 0.5) is 0 Å². The summed E-state index contributed by atoms with van der Waals surface area (Å²) in [7, 11) is 3.19. The smallest absolute Gasteiger partial charge is 0.230 e. The molecular weight excluding hydrogens is 404 g/mol. The fourth-order valence-corrected chi connectivity index (χ4v) is 2.74. The van der Waals surface area contributed by atoms with Crippen molar-refractivity contribution in [1.29, 1.82) is 0 Å². The summed E-state index contributed by atoms with van der Waals surface area (Å²) in [6.45, 7) is 2.05. The number of methoxy groups -OCH3 is 2. The van der Waals surface area contributed by atoms with Gasteiger partial charge in [0.25, 0.3) is 0 Å². The van der Waals surface area contributed by atoms with E-state index in [1.807, 2.05) is 43.3 Å². The summed E-state index contributed by atoms with van der Waals surface area (Å²) in [4.78, 5) is 4.59. The Morgan fingerprint density at radius 3 is 2.73 bits per heavy atom. The van der Waals surface area contributed by atoms with Crippen LogP contribution in [0.2, 0.25) is 0 Å². The highest BCUT2D eigenvalue weighted by Gasteiger charge is 2.17. The first-order valence-electron chi connectivity index (χ1n) is 9.01. The zero-order chi connectivity index (χ0) is 21.5. The Hall–Kier alpha value is -3.59. The van der Waals surface area contributed by atoms with E-state index in [0.29, 0.717) is 40.2 Å². The molecule has 3 rings (SSSR count). The molecule has 9 heteroatoms. The van der Waals surface area contributed by atoms with Gasteiger partial charge in [-0.3, -0.25) is 5.43 Å². The standard InChI is InChI=1S/C21H22N4O4S/c1-13-17(12-28-18-7-5-4-6-14(18)11-23-25-21(22)30)24-20(29-13)16-10-15(26-2)8-9-19(16)27-3/h4-11H,12H2,1-3H3,(H3,22,25,30). The molecule has 1 heterocycles. The number of hydrazone groups is 1. The van der Waals surface area contributed by atoms with Crippen LogP contribution in [0, 0.1) is 6.92 Å². The van der Waals surface area contributed by atoms with E-state index in [0.717, 1.165) is 5.56 Å². The van der Waals surface area contributed by atoms with E-state index in [4.69, 9.17) is 36.6 Å². The molecule has 2 aromatic carbocycles. The van der Waals surface area contributed by atoms with E-state index in [9.17, 15) is 0 Å². The van der Waals surface area contributed by atoms with Gasteiger partial charge in [-0.05, 0) is 49.5 Å². The van der Waals surface area contributed by atoms with Crippen molar-refractivity contribution < 1.29 is 18.6 Å². The van der Waals surface area contributed by atoms with Crippen LogP contribution in [0.15, 0.2) is 52.0 Å². The number of nitrogens with zero attached hydrogens (tertiary/aromatic N) is 2. The Bertz CT molecular complexity index is 1060. The molecule has 3 aromatic rings. The maximum Gasteiger partial charge on any atom is 0.230 e. The van der Waals surface area contributed by atoms with Crippen LogP contribution in [0.5, 0.6) is 17.2 Å². The first kappa shape index (κ1) is 21.1. The number of ether oxygens (including phenoxy) is 3. The molecule has 0 atom stereocenters. The third kappa shape index (κ3) is 5.06. The van der Waals surface area contributed by atoms with Crippen molar-refractivity contribution >= 4 is 23.5 Å². The van der Waals surface area contributed by atoms with Crippen LogP contribution in [0.1, 0.15) is 17.0 Å². The third-order valence-electron chi connectivity index (χ3n) is 4.19. The number of para-hydroxylation sites is 1. The third-order valence-corrected chi connectivity index (χ3v) is 4.28. The lowest BCUT2D eigenvalue weighted by Crippen LogP contribution is -2.24. The Morgan fingerprint density at radius 1 is 1.20 bits per heavy atom. The van der Waals surface area contributed by atoms with Crippen molar-refractivity contribution in [3.8, 4) is 28.7 Å². The van der Waals surface area contributed by atoms with Crippen LogP contribution in [-0.4, -0.2) is 30.5 Å². The van der Waals surface area contributed by atoms with Gasteiger partial charge in [0, 0.05) is 5.56 Å². The Labute approximate surface area is 179 Å². The Morgan fingerprint density at radius 2 is 2.00 bits per heavy atom. The molecule has 0 saturated carbocycles. The maximum atomic E-state index is 5.95. The Kier molecular flexibility index (Phi) is 6.87. The van der Waals surface area contributed by atoms with Crippen LogP contribution in [0.3, 0.4) is 0 Å². The molecule has 0 aliphatic carbocycles. The van der Waals surface area contributed by atoms with Gasteiger partial charge in [0.1, 0.15) is 35.3 Å². The van der Waals surface area contributed by atoms with Crippen molar-refractivity contribution in [3.63, 3.8) is 0 Å². The van der Waals surface area contributed by atoms with Gasteiger partial charge in [-0.15, -0.1) is 0 Å². The summed E-state index contributed by atoms with van der Waals surface area (Å²) in [5.41, 5.74) is 10.0. The quantitative estimate of drug-likeness (QED) is 0.321. The number of rotatable bonds is 8. The number of nitrogens with two attached hydrogens (primary N) is 1. The second kappa shape index (κ2) is 9.75. The van der Waals surface area contributed by atoms with Gasteiger partial charge >= 0.3 is 0 Å². The summed E-state index contributed by atoms with van der Waals surface area (Å²) in [5, 5.41) is 4.06. The van der Waals surface area contributed by atoms with Crippen molar-refractivity contribution in [3.05, 3.63) is 59.5 Å². The molecule has 0 aliphatic heterocycles. The molecule has 156 valence electrons. The van der Waals surface area contributed by atoms with Gasteiger partial charge < -0.3 is 24.4 Å². The van der Waals surface area contributed by atoms with Gasteiger partial charge in [-0.25, -0.2) is 4.98 Å². The van der Waals surface area contributed by atoms with E-state index < -0.39 is 0 Å². The fraction of sp³-hybridized carbons (Fsp3) is 0.190. The highest BCUT2D eigenvalue weighted by atomic mass is 32.1. The first-order valence-corrected chi connectivity index (χ1v) is 9.41. The average molecular weight is 426 g/mol. The van der Waals surface area contributed by atoms with E-state index in [1.54, 1.807) is 26.5 Å². The second-order valence-corrected chi connectivity index (χ2v) is 6.59. The van der Waals surface area contributed by atoms with Crippen molar-refractivity contribution in [2.45, 2.75) is 13.5 Å². The minimum absolute atomic E-state index is 0.0865. The van der Waals surface area contributed by atoms with Gasteiger partial charge in [-0.1, -0.05) is 12.1 Å². The van der Waals surface area contributed by atoms with E-state index >= 15 is 0 Å². The molecular formula is C21H22N4O4S. The number of oxazole rings is 1. The lowest BCUT2D eigenvalue weighted by molar-refractivity contribution is 0.299. The largest absolute Gasteiger partial charge is 0.497 e. The molecule has 0 unspecified atom stereocenters. The molecule has 30 heavy (non-hydrogen) atoms.